The predicted molar refractivity (Wildman–Crippen MR) is 77.4 cm³/mol. The summed E-state index contributed by atoms with van der Waals surface area (Å²) >= 11 is -1.49. The highest BCUT2D eigenvalue weighted by Crippen LogP contribution is 2.20. The van der Waals surface area contributed by atoms with Gasteiger partial charge in [-0.3, -0.25) is 0 Å². The van der Waals surface area contributed by atoms with Crippen LogP contribution in [0.1, 0.15) is 0 Å². The summed E-state index contributed by atoms with van der Waals surface area (Å²) in [5.74, 6) is 0.606. The maximum Gasteiger partial charge on any atom is 0.240 e. The summed E-state index contributed by atoms with van der Waals surface area (Å²) in [6.45, 7) is 0. The minimum Gasteiger partial charge on any atom is -0.397 e. The summed E-state index contributed by atoms with van der Waals surface area (Å²) in [6.07, 6.45) is 0. The quantitative estimate of drug-likeness (QED) is 0.719. The van der Waals surface area contributed by atoms with Crippen molar-refractivity contribution >= 4 is 21.9 Å². The molecule has 3 aromatic rings. The van der Waals surface area contributed by atoms with Crippen molar-refractivity contribution in [2.75, 3.05) is 0 Å². The Balaban J connectivity index is 1.89. The molecule has 0 aromatic heterocycles. The molecular formula is C16H12O2S. The molecule has 3 aromatic carbocycles. The molecule has 0 fully saturated rings. The fourth-order valence-corrected chi connectivity index (χ4v) is 2.67. The van der Waals surface area contributed by atoms with Gasteiger partial charge in [0.25, 0.3) is 0 Å². The van der Waals surface area contributed by atoms with E-state index >= 15 is 0 Å². The lowest BCUT2D eigenvalue weighted by Gasteiger charge is -2.05. The van der Waals surface area contributed by atoms with Crippen LogP contribution < -0.4 is 4.18 Å². The molecule has 0 aliphatic rings. The minimum absolute atomic E-state index is 0.606. The summed E-state index contributed by atoms with van der Waals surface area (Å²) < 4.78 is 17.6. The maximum absolute atomic E-state index is 12.1. The molecule has 0 aliphatic carbocycles. The van der Waals surface area contributed by atoms with Gasteiger partial charge in [0.1, 0.15) is 5.75 Å². The van der Waals surface area contributed by atoms with Gasteiger partial charge in [-0.05, 0) is 35.0 Å². The van der Waals surface area contributed by atoms with Gasteiger partial charge in [-0.1, -0.05) is 48.5 Å². The summed E-state index contributed by atoms with van der Waals surface area (Å²) in [5.41, 5.74) is 0. The summed E-state index contributed by atoms with van der Waals surface area (Å²) in [5, 5.41) is 2.19. The first-order chi connectivity index (χ1) is 9.33. The van der Waals surface area contributed by atoms with Crippen molar-refractivity contribution in [2.45, 2.75) is 4.90 Å². The summed E-state index contributed by atoms with van der Waals surface area (Å²) in [4.78, 5) is 0.669. The Morgan fingerprint density at radius 3 is 2.21 bits per heavy atom. The van der Waals surface area contributed by atoms with Gasteiger partial charge in [-0.25, -0.2) is 4.21 Å². The Labute approximate surface area is 114 Å². The largest absolute Gasteiger partial charge is 0.397 e. The standard InChI is InChI=1S/C16H12O2S/c17-19(18-15-8-2-1-3-9-15)16-11-10-13-6-4-5-7-14(13)12-16/h1-12H. The number of para-hydroxylation sites is 1. The van der Waals surface area contributed by atoms with E-state index in [4.69, 9.17) is 4.18 Å². The minimum atomic E-state index is -1.49. The van der Waals surface area contributed by atoms with Crippen molar-refractivity contribution in [3.63, 3.8) is 0 Å². The van der Waals surface area contributed by atoms with Crippen molar-refractivity contribution in [2.24, 2.45) is 0 Å². The molecule has 0 saturated carbocycles. The molecule has 0 bridgehead atoms. The van der Waals surface area contributed by atoms with E-state index in [0.717, 1.165) is 10.8 Å². The fourth-order valence-electron chi connectivity index (χ4n) is 1.88. The Morgan fingerprint density at radius 2 is 1.42 bits per heavy atom. The molecule has 0 spiro atoms. The van der Waals surface area contributed by atoms with Crippen LogP contribution in [0.25, 0.3) is 10.8 Å². The van der Waals surface area contributed by atoms with Crippen LogP contribution in [0.2, 0.25) is 0 Å². The van der Waals surface area contributed by atoms with Crippen molar-refractivity contribution in [1.29, 1.82) is 0 Å². The fraction of sp³-hybridized carbons (Fsp3) is 0. The highest BCUT2D eigenvalue weighted by molar-refractivity contribution is 7.80. The van der Waals surface area contributed by atoms with Crippen LogP contribution in [0.15, 0.2) is 77.7 Å². The molecule has 0 saturated heterocycles. The van der Waals surface area contributed by atoms with Gasteiger partial charge in [-0.15, -0.1) is 0 Å². The van der Waals surface area contributed by atoms with E-state index in [2.05, 4.69) is 0 Å². The third kappa shape index (κ3) is 2.66. The Morgan fingerprint density at radius 1 is 0.737 bits per heavy atom. The Kier molecular flexibility index (Phi) is 3.29. The molecule has 3 heteroatoms. The van der Waals surface area contributed by atoms with Gasteiger partial charge in [0.05, 0.1) is 4.90 Å². The summed E-state index contributed by atoms with van der Waals surface area (Å²) in [7, 11) is 0. The molecule has 1 atom stereocenters. The lowest BCUT2D eigenvalue weighted by Crippen LogP contribution is -2.00. The molecule has 0 heterocycles. The number of fused-ring (bicyclic) bond motifs is 1. The second kappa shape index (κ2) is 5.24. The second-order valence-electron chi connectivity index (χ2n) is 4.14. The molecule has 1 unspecified atom stereocenters. The van der Waals surface area contributed by atoms with Crippen LogP contribution >= 0.6 is 0 Å². The maximum atomic E-state index is 12.1. The van der Waals surface area contributed by atoms with E-state index < -0.39 is 11.1 Å². The highest BCUT2D eigenvalue weighted by atomic mass is 32.2. The molecule has 94 valence electrons. The van der Waals surface area contributed by atoms with Crippen LogP contribution in [0.4, 0.5) is 0 Å². The molecule has 2 nitrogen and oxygen atoms in total. The van der Waals surface area contributed by atoms with Crippen molar-refractivity contribution in [3.8, 4) is 5.75 Å². The molecule has 19 heavy (non-hydrogen) atoms. The van der Waals surface area contributed by atoms with Crippen LogP contribution in [0.5, 0.6) is 5.75 Å². The Bertz CT molecular complexity index is 723. The molecule has 0 aliphatic heterocycles. The predicted octanol–water partition coefficient (Wildman–Crippen LogP) is 3.94. The molecule has 3 rings (SSSR count). The molecule has 0 N–H and O–H groups in total. The number of hydrogen-bond acceptors (Lipinski definition) is 2. The van der Waals surface area contributed by atoms with Gasteiger partial charge < -0.3 is 4.18 Å². The van der Waals surface area contributed by atoms with Crippen LogP contribution in [-0.2, 0) is 11.1 Å². The zero-order chi connectivity index (χ0) is 13.1. The van der Waals surface area contributed by atoms with E-state index in [1.807, 2.05) is 60.7 Å². The van der Waals surface area contributed by atoms with E-state index in [0.29, 0.717) is 10.6 Å². The first-order valence-electron chi connectivity index (χ1n) is 5.97. The molecular weight excluding hydrogens is 256 g/mol. The third-order valence-electron chi connectivity index (χ3n) is 2.83. The smallest absolute Gasteiger partial charge is 0.240 e. The van der Waals surface area contributed by atoms with Crippen molar-refractivity contribution in [3.05, 3.63) is 72.8 Å². The monoisotopic (exact) mass is 268 g/mol. The van der Waals surface area contributed by atoms with Gasteiger partial charge in [0.2, 0.25) is 11.1 Å². The lowest BCUT2D eigenvalue weighted by molar-refractivity contribution is 0.562. The zero-order valence-electron chi connectivity index (χ0n) is 10.2. The topological polar surface area (TPSA) is 26.3 Å². The Hall–Kier alpha value is -2.13. The second-order valence-corrected chi connectivity index (χ2v) is 5.25. The first kappa shape index (κ1) is 11.9. The van der Waals surface area contributed by atoms with Crippen molar-refractivity contribution < 1.29 is 8.39 Å². The number of benzene rings is 3. The van der Waals surface area contributed by atoms with Gasteiger partial charge >= 0.3 is 0 Å². The summed E-state index contributed by atoms with van der Waals surface area (Å²) in [6, 6.07) is 22.8. The number of rotatable bonds is 3. The first-order valence-corrected chi connectivity index (χ1v) is 7.04. The SMILES string of the molecule is O=S(Oc1ccccc1)c1ccc2ccccc2c1. The highest BCUT2D eigenvalue weighted by Gasteiger charge is 2.07. The number of hydrogen-bond donors (Lipinski definition) is 0. The lowest BCUT2D eigenvalue weighted by atomic mass is 10.1. The van der Waals surface area contributed by atoms with Crippen molar-refractivity contribution in [1.82, 2.24) is 0 Å². The van der Waals surface area contributed by atoms with E-state index in [-0.39, 0.29) is 0 Å². The van der Waals surface area contributed by atoms with E-state index in [9.17, 15) is 4.21 Å². The zero-order valence-corrected chi connectivity index (χ0v) is 11.0. The van der Waals surface area contributed by atoms with Gasteiger partial charge in [0, 0.05) is 0 Å². The molecule has 0 radical (unpaired) electrons. The van der Waals surface area contributed by atoms with E-state index in [1.165, 1.54) is 0 Å². The van der Waals surface area contributed by atoms with Gasteiger partial charge in [0.15, 0.2) is 0 Å². The molecule has 0 amide bonds. The van der Waals surface area contributed by atoms with Gasteiger partial charge in [-0.2, -0.15) is 0 Å². The third-order valence-corrected chi connectivity index (χ3v) is 3.81. The van der Waals surface area contributed by atoms with Crippen LogP contribution in [-0.4, -0.2) is 4.21 Å². The average Bonchev–Trinajstić information content (AvgIpc) is 2.48. The van der Waals surface area contributed by atoms with Crippen LogP contribution in [0, 0.1) is 0 Å². The van der Waals surface area contributed by atoms with E-state index in [1.54, 1.807) is 12.1 Å². The van der Waals surface area contributed by atoms with Crippen LogP contribution in [0.3, 0.4) is 0 Å². The normalized spacial score (nSPS) is 12.2. The average molecular weight is 268 g/mol.